The van der Waals surface area contributed by atoms with Crippen molar-refractivity contribution in [3.05, 3.63) is 45.1 Å². The minimum Gasteiger partial charge on any atom is -0.351 e. The highest BCUT2D eigenvalue weighted by molar-refractivity contribution is 9.10. The zero-order valence-corrected chi connectivity index (χ0v) is 17.0. The molecule has 0 unspecified atom stereocenters. The Morgan fingerprint density at radius 2 is 1.89 bits per heavy atom. The molecule has 3 aromatic rings. The van der Waals surface area contributed by atoms with E-state index < -0.39 is 17.8 Å². The standard InChI is InChI=1S/C17H18BrF3N6O/c1-9-8-12(17(19,20)21)27-15(23-9)13(18)14(25-27)16(28)22-5-4-6-26-11(3)7-10(2)24-26/h7-8H,4-6H2,1-3H3,(H,22,28). The Morgan fingerprint density at radius 1 is 1.18 bits per heavy atom. The second-order valence-electron chi connectivity index (χ2n) is 6.44. The number of aromatic nitrogens is 5. The van der Waals surface area contributed by atoms with Gasteiger partial charge in [-0.1, -0.05) is 0 Å². The maximum atomic E-state index is 13.3. The maximum absolute atomic E-state index is 13.3. The predicted octanol–water partition coefficient (Wildman–Crippen LogP) is 3.45. The van der Waals surface area contributed by atoms with Gasteiger partial charge in [0.25, 0.3) is 5.91 Å². The fraction of sp³-hybridized carbons (Fsp3) is 0.412. The van der Waals surface area contributed by atoms with Crippen LogP contribution in [0.1, 0.15) is 39.7 Å². The smallest absolute Gasteiger partial charge is 0.351 e. The van der Waals surface area contributed by atoms with Crippen molar-refractivity contribution in [2.75, 3.05) is 6.54 Å². The molecule has 0 fully saturated rings. The molecule has 0 bridgehead atoms. The summed E-state index contributed by atoms with van der Waals surface area (Å²) in [6.07, 6.45) is -4.01. The number of rotatable bonds is 5. The Morgan fingerprint density at radius 3 is 2.50 bits per heavy atom. The van der Waals surface area contributed by atoms with Gasteiger partial charge in [0.05, 0.1) is 10.2 Å². The predicted molar refractivity (Wildman–Crippen MR) is 99.1 cm³/mol. The first kappa shape index (κ1) is 20.3. The molecule has 0 saturated carbocycles. The van der Waals surface area contributed by atoms with E-state index in [9.17, 15) is 18.0 Å². The number of alkyl halides is 3. The first-order valence-electron chi connectivity index (χ1n) is 8.50. The van der Waals surface area contributed by atoms with Crippen molar-refractivity contribution < 1.29 is 18.0 Å². The van der Waals surface area contributed by atoms with Gasteiger partial charge in [0.1, 0.15) is 5.69 Å². The second kappa shape index (κ2) is 7.53. The maximum Gasteiger partial charge on any atom is 0.433 e. The Kier molecular flexibility index (Phi) is 5.46. The van der Waals surface area contributed by atoms with E-state index in [2.05, 4.69) is 36.4 Å². The summed E-state index contributed by atoms with van der Waals surface area (Å²) in [5.41, 5.74) is 0.929. The van der Waals surface area contributed by atoms with E-state index in [4.69, 9.17) is 0 Å². The third kappa shape index (κ3) is 4.03. The molecule has 0 radical (unpaired) electrons. The topological polar surface area (TPSA) is 77.1 Å². The zero-order chi connectivity index (χ0) is 20.6. The zero-order valence-electron chi connectivity index (χ0n) is 15.4. The molecule has 150 valence electrons. The van der Waals surface area contributed by atoms with Gasteiger partial charge < -0.3 is 5.32 Å². The van der Waals surface area contributed by atoms with Gasteiger partial charge in [0, 0.05) is 24.5 Å². The summed E-state index contributed by atoms with van der Waals surface area (Å²) in [6.45, 7) is 6.24. The molecule has 0 saturated heterocycles. The lowest BCUT2D eigenvalue weighted by atomic mass is 10.3. The number of carbonyl (C=O) groups excluding carboxylic acids is 1. The van der Waals surface area contributed by atoms with Crippen molar-refractivity contribution in [1.29, 1.82) is 0 Å². The third-order valence-corrected chi connectivity index (χ3v) is 4.83. The number of halogens is 4. The van der Waals surface area contributed by atoms with Crippen LogP contribution in [-0.4, -0.2) is 36.8 Å². The number of fused-ring (bicyclic) bond motifs is 1. The van der Waals surface area contributed by atoms with E-state index in [0.717, 1.165) is 17.5 Å². The molecule has 0 aliphatic heterocycles. The van der Waals surface area contributed by atoms with Gasteiger partial charge in [-0.05, 0) is 55.3 Å². The summed E-state index contributed by atoms with van der Waals surface area (Å²) in [7, 11) is 0. The van der Waals surface area contributed by atoms with Gasteiger partial charge >= 0.3 is 6.18 Å². The lowest BCUT2D eigenvalue weighted by molar-refractivity contribution is -0.142. The average Bonchev–Trinajstić information content (AvgIpc) is 3.09. The molecular formula is C17H18BrF3N6O. The van der Waals surface area contributed by atoms with E-state index in [1.54, 1.807) is 0 Å². The second-order valence-corrected chi connectivity index (χ2v) is 7.23. The molecule has 0 aliphatic rings. The Hall–Kier alpha value is -2.43. The van der Waals surface area contributed by atoms with Crippen LogP contribution in [-0.2, 0) is 12.7 Å². The lowest BCUT2D eigenvalue weighted by Crippen LogP contribution is -2.26. The van der Waals surface area contributed by atoms with Gasteiger partial charge in [-0.2, -0.15) is 23.4 Å². The minimum atomic E-state index is -4.62. The first-order valence-corrected chi connectivity index (χ1v) is 9.29. The van der Waals surface area contributed by atoms with Crippen LogP contribution in [0.3, 0.4) is 0 Å². The van der Waals surface area contributed by atoms with Crippen molar-refractivity contribution in [1.82, 2.24) is 29.7 Å². The fourth-order valence-corrected chi connectivity index (χ4v) is 3.39. The molecule has 3 rings (SSSR count). The van der Waals surface area contributed by atoms with Crippen LogP contribution in [0.5, 0.6) is 0 Å². The molecule has 0 atom stereocenters. The molecule has 3 aromatic heterocycles. The number of nitrogens with one attached hydrogen (secondary N) is 1. The fourth-order valence-electron chi connectivity index (χ4n) is 2.88. The summed E-state index contributed by atoms with van der Waals surface area (Å²) in [5, 5.41) is 10.8. The van der Waals surface area contributed by atoms with Gasteiger partial charge in [0.2, 0.25) is 0 Å². The molecule has 11 heteroatoms. The van der Waals surface area contributed by atoms with Crippen molar-refractivity contribution in [2.45, 2.75) is 39.9 Å². The van der Waals surface area contributed by atoms with E-state index in [1.807, 2.05) is 24.6 Å². The summed E-state index contributed by atoms with van der Waals surface area (Å²) >= 11 is 3.16. The number of hydrogen-bond donors (Lipinski definition) is 1. The molecule has 0 aromatic carbocycles. The number of nitrogens with zero attached hydrogens (tertiary/aromatic N) is 5. The van der Waals surface area contributed by atoms with E-state index in [0.29, 0.717) is 24.0 Å². The van der Waals surface area contributed by atoms with Crippen LogP contribution in [0.15, 0.2) is 16.6 Å². The highest BCUT2D eigenvalue weighted by Gasteiger charge is 2.36. The Labute approximate surface area is 167 Å². The van der Waals surface area contributed by atoms with Crippen molar-refractivity contribution in [3.63, 3.8) is 0 Å². The van der Waals surface area contributed by atoms with Gasteiger partial charge in [0.15, 0.2) is 11.3 Å². The van der Waals surface area contributed by atoms with Crippen LogP contribution in [0, 0.1) is 20.8 Å². The van der Waals surface area contributed by atoms with Crippen LogP contribution >= 0.6 is 15.9 Å². The van der Waals surface area contributed by atoms with Crippen molar-refractivity contribution in [3.8, 4) is 0 Å². The molecule has 1 N–H and O–H groups in total. The number of carbonyl (C=O) groups is 1. The molecule has 7 nitrogen and oxygen atoms in total. The number of aryl methyl sites for hydroxylation is 4. The largest absolute Gasteiger partial charge is 0.433 e. The van der Waals surface area contributed by atoms with Crippen LogP contribution in [0.4, 0.5) is 13.2 Å². The molecule has 3 heterocycles. The van der Waals surface area contributed by atoms with Crippen LogP contribution in [0.25, 0.3) is 5.65 Å². The first-order chi connectivity index (χ1) is 13.1. The van der Waals surface area contributed by atoms with E-state index in [1.165, 1.54) is 6.92 Å². The molecule has 0 spiro atoms. The van der Waals surface area contributed by atoms with Crippen LogP contribution < -0.4 is 5.32 Å². The summed E-state index contributed by atoms with van der Waals surface area (Å²) in [5.74, 6) is -0.573. The van der Waals surface area contributed by atoms with Gasteiger partial charge in [-0.3, -0.25) is 9.48 Å². The SMILES string of the molecule is Cc1cc(C(F)(F)F)n2nc(C(=O)NCCCn3nc(C)cc3C)c(Br)c2n1. The molecule has 28 heavy (non-hydrogen) atoms. The van der Waals surface area contributed by atoms with Gasteiger partial charge in [-0.25, -0.2) is 9.50 Å². The number of amides is 1. The summed E-state index contributed by atoms with van der Waals surface area (Å²) < 4.78 is 42.4. The number of hydrogen-bond acceptors (Lipinski definition) is 4. The molecule has 1 amide bonds. The van der Waals surface area contributed by atoms with Gasteiger partial charge in [-0.15, -0.1) is 0 Å². The average molecular weight is 459 g/mol. The molecular weight excluding hydrogens is 441 g/mol. The Balaban J connectivity index is 1.75. The summed E-state index contributed by atoms with van der Waals surface area (Å²) in [4.78, 5) is 16.5. The van der Waals surface area contributed by atoms with Crippen molar-refractivity contribution >= 4 is 27.5 Å². The lowest BCUT2D eigenvalue weighted by Gasteiger charge is -2.09. The third-order valence-electron chi connectivity index (χ3n) is 4.10. The summed E-state index contributed by atoms with van der Waals surface area (Å²) in [6, 6.07) is 2.85. The highest BCUT2D eigenvalue weighted by Crippen LogP contribution is 2.32. The highest BCUT2D eigenvalue weighted by atomic mass is 79.9. The van der Waals surface area contributed by atoms with Crippen molar-refractivity contribution in [2.24, 2.45) is 0 Å². The van der Waals surface area contributed by atoms with E-state index in [-0.39, 0.29) is 21.5 Å². The minimum absolute atomic E-state index is 0.0554. The quantitative estimate of drug-likeness (QED) is 0.594. The van der Waals surface area contributed by atoms with E-state index >= 15 is 0 Å². The monoisotopic (exact) mass is 458 g/mol. The normalized spacial score (nSPS) is 12.0. The Bertz CT molecular complexity index is 1040. The molecule has 0 aliphatic carbocycles. The van der Waals surface area contributed by atoms with Crippen LogP contribution in [0.2, 0.25) is 0 Å².